The number of aromatic nitrogens is 2. The highest BCUT2D eigenvalue weighted by molar-refractivity contribution is 6.30. The Labute approximate surface area is 125 Å². The van der Waals surface area contributed by atoms with Crippen LogP contribution in [0.25, 0.3) is 17.8 Å². The van der Waals surface area contributed by atoms with Gasteiger partial charge in [-0.05, 0) is 22.6 Å². The second-order valence-electron chi connectivity index (χ2n) is 4.40. The molecule has 2 heterocycles. The van der Waals surface area contributed by atoms with Crippen molar-refractivity contribution in [2.45, 2.75) is 0 Å². The van der Waals surface area contributed by atoms with E-state index in [0.29, 0.717) is 16.4 Å². The summed E-state index contributed by atoms with van der Waals surface area (Å²) in [5, 5.41) is 11.7. The normalized spacial score (nSPS) is 11.3. The second-order valence-corrected chi connectivity index (χ2v) is 4.83. The van der Waals surface area contributed by atoms with Crippen LogP contribution in [0.2, 0.25) is 5.02 Å². The number of halogens is 1. The van der Waals surface area contributed by atoms with Gasteiger partial charge in [0.25, 0.3) is 0 Å². The van der Waals surface area contributed by atoms with Crippen LogP contribution in [0.3, 0.4) is 0 Å². The molecule has 0 N–H and O–H groups in total. The Kier molecular flexibility index (Phi) is 3.41. The fourth-order valence-corrected chi connectivity index (χ4v) is 2.22. The predicted octanol–water partition coefficient (Wildman–Crippen LogP) is 4.07. The van der Waals surface area contributed by atoms with Gasteiger partial charge in [0.15, 0.2) is 5.69 Å². The molecule has 3 aromatic rings. The third-order valence-electron chi connectivity index (χ3n) is 2.99. The van der Waals surface area contributed by atoms with Crippen molar-refractivity contribution in [1.29, 1.82) is 0 Å². The highest BCUT2D eigenvalue weighted by Gasteiger charge is 2.20. The van der Waals surface area contributed by atoms with Crippen molar-refractivity contribution in [3.8, 4) is 0 Å². The minimum absolute atomic E-state index is 0.0975. The quantitative estimate of drug-likeness (QED) is 0.541. The lowest BCUT2D eigenvalue weighted by Crippen LogP contribution is -1.95. The summed E-state index contributed by atoms with van der Waals surface area (Å²) in [6.07, 6.45) is 4.91. The highest BCUT2D eigenvalue weighted by Crippen LogP contribution is 2.24. The molecule has 0 bridgehead atoms. The molecule has 0 fully saturated rings. The van der Waals surface area contributed by atoms with Crippen LogP contribution < -0.4 is 0 Å². The van der Waals surface area contributed by atoms with Gasteiger partial charge in [0.2, 0.25) is 5.65 Å². The Bertz CT molecular complexity index is 841. The number of pyridine rings is 1. The van der Waals surface area contributed by atoms with Gasteiger partial charge in [0.1, 0.15) is 6.20 Å². The molecule has 0 saturated heterocycles. The summed E-state index contributed by atoms with van der Waals surface area (Å²) >= 11 is 5.89. The van der Waals surface area contributed by atoms with Crippen LogP contribution >= 0.6 is 11.6 Å². The molecule has 21 heavy (non-hydrogen) atoms. The molecule has 0 radical (unpaired) electrons. The number of rotatable bonds is 3. The van der Waals surface area contributed by atoms with Crippen LogP contribution in [0, 0.1) is 10.1 Å². The van der Waals surface area contributed by atoms with E-state index in [1.165, 1.54) is 10.6 Å². The standard InChI is InChI=1S/C15H10ClN3O2/c16-12-7-9-14-17-13(15(19(20)21)18(14)10-12)8-6-11-4-2-1-3-5-11/h1-10H/b8-6+. The number of benzene rings is 1. The van der Waals surface area contributed by atoms with Crippen LogP contribution in [0.5, 0.6) is 0 Å². The van der Waals surface area contributed by atoms with Gasteiger partial charge >= 0.3 is 5.82 Å². The molecule has 5 nitrogen and oxygen atoms in total. The van der Waals surface area contributed by atoms with E-state index in [-0.39, 0.29) is 5.82 Å². The zero-order chi connectivity index (χ0) is 14.8. The van der Waals surface area contributed by atoms with Crippen LogP contribution in [0.1, 0.15) is 11.3 Å². The number of hydrogen-bond donors (Lipinski definition) is 0. The van der Waals surface area contributed by atoms with Crippen molar-refractivity contribution in [3.05, 3.63) is 75.1 Å². The van der Waals surface area contributed by atoms with Crippen LogP contribution in [-0.2, 0) is 0 Å². The molecule has 104 valence electrons. The Hall–Kier alpha value is -2.66. The Balaban J connectivity index is 2.12. The van der Waals surface area contributed by atoms with E-state index in [1.807, 2.05) is 30.3 Å². The molecule has 0 aliphatic carbocycles. The molecule has 0 saturated carbocycles. The van der Waals surface area contributed by atoms with Crippen LogP contribution in [0.4, 0.5) is 5.82 Å². The Morgan fingerprint density at radius 2 is 1.90 bits per heavy atom. The fraction of sp³-hybridized carbons (Fsp3) is 0. The third-order valence-corrected chi connectivity index (χ3v) is 3.21. The minimum Gasteiger partial charge on any atom is -0.358 e. The van der Waals surface area contributed by atoms with Gasteiger partial charge < -0.3 is 10.1 Å². The van der Waals surface area contributed by atoms with Gasteiger partial charge in [-0.2, -0.15) is 4.40 Å². The molecule has 0 amide bonds. The maximum absolute atomic E-state index is 11.3. The van der Waals surface area contributed by atoms with Gasteiger partial charge in [-0.1, -0.05) is 48.0 Å². The van der Waals surface area contributed by atoms with E-state index < -0.39 is 4.92 Å². The number of hydrogen-bond acceptors (Lipinski definition) is 3. The van der Waals surface area contributed by atoms with Crippen molar-refractivity contribution in [2.75, 3.05) is 0 Å². The largest absolute Gasteiger partial charge is 0.358 e. The van der Waals surface area contributed by atoms with Gasteiger partial charge in [-0.25, -0.2) is 4.98 Å². The summed E-state index contributed by atoms with van der Waals surface area (Å²) in [7, 11) is 0. The fourth-order valence-electron chi connectivity index (χ4n) is 2.06. The zero-order valence-corrected chi connectivity index (χ0v) is 11.6. The number of imidazole rings is 1. The van der Waals surface area contributed by atoms with E-state index in [9.17, 15) is 10.1 Å². The first-order valence-corrected chi connectivity index (χ1v) is 6.58. The molecule has 6 heteroatoms. The summed E-state index contributed by atoms with van der Waals surface area (Å²) in [5.74, 6) is -0.0975. The molecule has 0 atom stereocenters. The Morgan fingerprint density at radius 1 is 1.14 bits per heavy atom. The van der Waals surface area contributed by atoms with Crippen LogP contribution in [-0.4, -0.2) is 14.3 Å². The number of nitro groups is 1. The van der Waals surface area contributed by atoms with Gasteiger partial charge in [-0.3, -0.25) is 0 Å². The minimum atomic E-state index is -0.457. The second kappa shape index (κ2) is 5.38. The first-order valence-electron chi connectivity index (χ1n) is 6.20. The molecule has 0 spiro atoms. The lowest BCUT2D eigenvalue weighted by molar-refractivity contribution is -0.390. The molecule has 0 unspecified atom stereocenters. The lowest BCUT2D eigenvalue weighted by Gasteiger charge is -1.95. The number of nitrogens with zero attached hydrogens (tertiary/aromatic N) is 3. The van der Waals surface area contributed by atoms with Crippen LogP contribution in [0.15, 0.2) is 48.7 Å². The number of fused-ring (bicyclic) bond motifs is 1. The molecular weight excluding hydrogens is 290 g/mol. The van der Waals surface area contributed by atoms with Crippen molar-refractivity contribution in [2.24, 2.45) is 0 Å². The topological polar surface area (TPSA) is 60.4 Å². The van der Waals surface area contributed by atoms with E-state index >= 15 is 0 Å². The summed E-state index contributed by atoms with van der Waals surface area (Å²) in [6.45, 7) is 0. The molecule has 3 rings (SSSR count). The predicted molar refractivity (Wildman–Crippen MR) is 82.2 cm³/mol. The first kappa shape index (κ1) is 13.3. The maximum atomic E-state index is 11.3. The SMILES string of the molecule is O=[N+]([O-])c1c(/C=C/c2ccccc2)nc2ccc(Cl)cn12. The van der Waals surface area contributed by atoms with E-state index in [4.69, 9.17) is 11.6 Å². The average Bonchev–Trinajstić information content (AvgIpc) is 2.84. The first-order chi connectivity index (χ1) is 10.1. The Morgan fingerprint density at radius 3 is 2.62 bits per heavy atom. The summed E-state index contributed by atoms with van der Waals surface area (Å²) in [4.78, 5) is 15.1. The third kappa shape index (κ3) is 2.64. The smallest absolute Gasteiger partial charge is 0.355 e. The van der Waals surface area contributed by atoms with Crippen molar-refractivity contribution < 1.29 is 4.92 Å². The summed E-state index contributed by atoms with van der Waals surface area (Å²) < 4.78 is 1.38. The van der Waals surface area contributed by atoms with E-state index in [0.717, 1.165) is 5.56 Å². The van der Waals surface area contributed by atoms with E-state index in [2.05, 4.69) is 4.98 Å². The average molecular weight is 300 g/mol. The molecule has 0 aliphatic rings. The molecule has 0 aliphatic heterocycles. The zero-order valence-electron chi connectivity index (χ0n) is 10.8. The molecule has 2 aromatic heterocycles. The van der Waals surface area contributed by atoms with E-state index in [1.54, 1.807) is 24.3 Å². The summed E-state index contributed by atoms with van der Waals surface area (Å²) in [5.41, 5.74) is 1.73. The van der Waals surface area contributed by atoms with Crippen molar-refractivity contribution in [1.82, 2.24) is 9.38 Å². The lowest BCUT2D eigenvalue weighted by atomic mass is 10.2. The van der Waals surface area contributed by atoms with Crippen molar-refractivity contribution in [3.63, 3.8) is 0 Å². The molecular formula is C15H10ClN3O2. The van der Waals surface area contributed by atoms with Crippen molar-refractivity contribution >= 4 is 35.2 Å². The monoisotopic (exact) mass is 299 g/mol. The summed E-state index contributed by atoms with van der Waals surface area (Å²) in [6, 6.07) is 12.8. The van der Waals surface area contributed by atoms with Gasteiger partial charge in [-0.15, -0.1) is 0 Å². The van der Waals surface area contributed by atoms with Gasteiger partial charge in [0, 0.05) is 6.07 Å². The molecule has 1 aromatic carbocycles. The maximum Gasteiger partial charge on any atom is 0.355 e. The van der Waals surface area contributed by atoms with Gasteiger partial charge in [0.05, 0.1) is 5.02 Å². The highest BCUT2D eigenvalue weighted by atomic mass is 35.5.